The third-order valence-corrected chi connectivity index (χ3v) is 13.2. The second-order valence-electron chi connectivity index (χ2n) is 19.4. The SMILES string of the molecule is Bc1c(B)c(B)c(-c2ccc3c(c2C(C)(C)C)c2c(-c4c(B)c(B)c(B)c(B)c4B)cccc2n3-c2cc(C(C)(C)C)cc(C(C)(C)C)c2)c(B)c1B. The molecule has 0 aliphatic carbocycles. The van der Waals surface area contributed by atoms with Crippen LogP contribution in [0.15, 0.2) is 48.5 Å². The van der Waals surface area contributed by atoms with E-state index in [1.165, 1.54) is 121 Å². The van der Waals surface area contributed by atoms with Gasteiger partial charge >= 0.3 is 0 Å². The molecule has 0 spiro atoms. The van der Waals surface area contributed by atoms with Crippen LogP contribution in [0.2, 0.25) is 0 Å². The fraction of sp³-hybridized carbons (Fsp3) is 0.286. The van der Waals surface area contributed by atoms with Crippen LogP contribution in [0.5, 0.6) is 0 Å². The molecule has 53 heavy (non-hydrogen) atoms. The summed E-state index contributed by atoms with van der Waals surface area (Å²) in [5.41, 5.74) is 27.3. The summed E-state index contributed by atoms with van der Waals surface area (Å²) in [6.07, 6.45) is 0. The predicted octanol–water partition coefficient (Wildman–Crippen LogP) is -5.41. The lowest BCUT2D eigenvalue weighted by molar-refractivity contribution is 0.568. The summed E-state index contributed by atoms with van der Waals surface area (Å²) in [7, 11) is 23.2. The number of hydrogen-bond donors (Lipinski definition) is 0. The molecule has 1 aromatic heterocycles. The monoisotopic (exact) mass is 684 g/mol. The third kappa shape index (κ3) is 6.27. The molecule has 0 atom stereocenters. The van der Waals surface area contributed by atoms with E-state index in [1.54, 1.807) is 0 Å². The second kappa shape index (κ2) is 13.1. The molecule has 0 amide bonds. The van der Waals surface area contributed by atoms with Gasteiger partial charge in [-0.1, -0.05) is 108 Å². The van der Waals surface area contributed by atoms with Crippen molar-refractivity contribution in [2.75, 3.05) is 0 Å². The van der Waals surface area contributed by atoms with E-state index < -0.39 is 0 Å². The van der Waals surface area contributed by atoms with Crippen LogP contribution in [0, 0.1) is 0 Å². The van der Waals surface area contributed by atoms with Crippen LogP contribution in [0.3, 0.4) is 0 Å². The molecule has 0 radical (unpaired) electrons. The van der Waals surface area contributed by atoms with Gasteiger partial charge in [0, 0.05) is 16.5 Å². The fourth-order valence-electron chi connectivity index (χ4n) is 9.04. The fourth-order valence-corrected chi connectivity index (χ4v) is 9.04. The van der Waals surface area contributed by atoms with Gasteiger partial charge in [0.2, 0.25) is 0 Å². The zero-order valence-electron chi connectivity index (χ0n) is 36.6. The van der Waals surface area contributed by atoms with Crippen LogP contribution >= 0.6 is 0 Å². The van der Waals surface area contributed by atoms with Crippen molar-refractivity contribution >= 4 is 155 Å². The Morgan fingerprint density at radius 2 is 0.792 bits per heavy atom. The Morgan fingerprint density at radius 1 is 0.396 bits per heavy atom. The highest BCUT2D eigenvalue weighted by molar-refractivity contribution is 6.70. The van der Waals surface area contributed by atoms with Crippen LogP contribution in [-0.2, 0) is 16.2 Å². The van der Waals surface area contributed by atoms with Gasteiger partial charge in [-0.3, -0.25) is 0 Å². The molecule has 0 unspecified atom stereocenters. The molecule has 0 saturated carbocycles. The van der Waals surface area contributed by atoms with Crippen molar-refractivity contribution in [3.8, 4) is 27.9 Å². The Kier molecular flexibility index (Phi) is 9.70. The Labute approximate surface area is 329 Å². The molecule has 0 aliphatic rings. The number of hydrogen-bond acceptors (Lipinski definition) is 0. The van der Waals surface area contributed by atoms with Gasteiger partial charge in [0.25, 0.3) is 0 Å². The summed E-state index contributed by atoms with van der Waals surface area (Å²) < 4.78 is 2.60. The number of rotatable bonds is 3. The first-order chi connectivity index (χ1) is 24.4. The third-order valence-electron chi connectivity index (χ3n) is 13.2. The van der Waals surface area contributed by atoms with Gasteiger partial charge in [-0.25, -0.2) is 0 Å². The molecule has 1 heterocycles. The largest absolute Gasteiger partial charge is 0.309 e. The van der Waals surface area contributed by atoms with Gasteiger partial charge in [0.1, 0.15) is 78.5 Å². The molecule has 0 N–H and O–H groups in total. The molecule has 11 heteroatoms. The number of aromatic nitrogens is 1. The Bertz CT molecular complexity index is 2420. The van der Waals surface area contributed by atoms with Crippen molar-refractivity contribution < 1.29 is 0 Å². The van der Waals surface area contributed by atoms with E-state index in [0.29, 0.717) is 0 Å². The van der Waals surface area contributed by atoms with E-state index in [9.17, 15) is 0 Å². The molecular formula is C42H55B10N. The molecule has 6 rings (SSSR count). The summed E-state index contributed by atoms with van der Waals surface area (Å²) in [4.78, 5) is 0. The van der Waals surface area contributed by atoms with E-state index in [4.69, 9.17) is 0 Å². The van der Waals surface area contributed by atoms with E-state index in [0.717, 1.165) is 0 Å². The van der Waals surface area contributed by atoms with Crippen LogP contribution in [0.4, 0.5) is 0 Å². The second-order valence-corrected chi connectivity index (χ2v) is 19.4. The molecule has 0 bridgehead atoms. The minimum atomic E-state index is -0.139. The van der Waals surface area contributed by atoms with Gasteiger partial charge in [0.15, 0.2) is 0 Å². The zero-order valence-corrected chi connectivity index (χ0v) is 36.6. The van der Waals surface area contributed by atoms with E-state index >= 15 is 0 Å². The normalized spacial score (nSPS) is 12.6. The lowest BCUT2D eigenvalue weighted by atomic mass is 9.59. The lowest BCUT2D eigenvalue weighted by Crippen LogP contribution is -2.55. The standard InChI is InChI=1S/C42H55B10N/c1-40(2,3)18-15-19(41(4,5)6)17-20(16-18)53-23-12-10-11-21(26-30(43)34(47)38(51)35(48)31(26)44)25(23)28-24(53)14-13-22(29(28)42(7,8)9)27-32(45)36(49)39(52)37(50)33(27)46/h10-17H,43-52H2,1-9H3. The average Bonchev–Trinajstić information content (AvgIpc) is 3.41. The maximum Gasteiger partial charge on any atom is 0.139 e. The highest BCUT2D eigenvalue weighted by Crippen LogP contribution is 2.46. The van der Waals surface area contributed by atoms with Crippen molar-refractivity contribution in [3.63, 3.8) is 0 Å². The van der Waals surface area contributed by atoms with Gasteiger partial charge in [-0.15, -0.1) is 32.8 Å². The van der Waals surface area contributed by atoms with Gasteiger partial charge in [-0.05, 0) is 79.5 Å². The van der Waals surface area contributed by atoms with Crippen LogP contribution in [0.1, 0.15) is 79.0 Å². The van der Waals surface area contributed by atoms with E-state index in [2.05, 4.69) is 194 Å². The highest BCUT2D eigenvalue weighted by atomic mass is 15.0. The van der Waals surface area contributed by atoms with E-state index in [-0.39, 0.29) is 16.2 Å². The van der Waals surface area contributed by atoms with Gasteiger partial charge in [0.05, 0.1) is 11.0 Å². The quantitative estimate of drug-likeness (QED) is 0.165. The van der Waals surface area contributed by atoms with Crippen molar-refractivity contribution in [2.24, 2.45) is 0 Å². The Hall–Kier alpha value is -3.45. The highest BCUT2D eigenvalue weighted by Gasteiger charge is 2.30. The smallest absolute Gasteiger partial charge is 0.139 e. The summed E-state index contributed by atoms with van der Waals surface area (Å²) >= 11 is 0. The molecule has 5 aromatic carbocycles. The van der Waals surface area contributed by atoms with Crippen molar-refractivity contribution in [2.45, 2.75) is 78.6 Å². The number of nitrogens with zero attached hydrogens (tertiary/aromatic N) is 1. The van der Waals surface area contributed by atoms with Gasteiger partial charge < -0.3 is 4.57 Å². The molecule has 258 valence electrons. The molecule has 0 fully saturated rings. The maximum atomic E-state index is 2.60. The summed E-state index contributed by atoms with van der Waals surface area (Å²) in [5, 5.41) is 2.74. The minimum absolute atomic E-state index is 0.00502. The minimum Gasteiger partial charge on any atom is -0.309 e. The topological polar surface area (TPSA) is 4.93 Å². The maximum absolute atomic E-state index is 2.60. The van der Waals surface area contributed by atoms with Gasteiger partial charge in [-0.2, -0.15) is 0 Å². The Morgan fingerprint density at radius 3 is 1.21 bits per heavy atom. The van der Waals surface area contributed by atoms with E-state index in [1.807, 2.05) is 0 Å². The first-order valence-corrected chi connectivity index (χ1v) is 19.8. The molecule has 6 aromatic rings. The zero-order chi connectivity index (χ0) is 39.4. The predicted molar refractivity (Wildman–Crippen MR) is 270 cm³/mol. The first kappa shape index (κ1) is 39.2. The average molecular weight is 682 g/mol. The summed E-state index contributed by atoms with van der Waals surface area (Å²) in [6, 6.07) is 19.3. The van der Waals surface area contributed by atoms with Crippen molar-refractivity contribution in [1.82, 2.24) is 4.57 Å². The molecular weight excluding hydrogens is 627 g/mol. The van der Waals surface area contributed by atoms with Crippen molar-refractivity contribution in [3.05, 3.63) is 65.2 Å². The lowest BCUT2D eigenvalue weighted by Gasteiger charge is -2.29. The van der Waals surface area contributed by atoms with Crippen molar-refractivity contribution in [1.29, 1.82) is 0 Å². The molecule has 0 aliphatic heterocycles. The summed E-state index contributed by atoms with van der Waals surface area (Å²) in [5.74, 6) is 0. The number of benzene rings is 5. The molecule has 1 nitrogen and oxygen atoms in total. The number of fused-ring (bicyclic) bond motifs is 3. The first-order valence-electron chi connectivity index (χ1n) is 19.8. The van der Waals surface area contributed by atoms with Crippen LogP contribution in [-0.4, -0.2) is 83.0 Å². The Balaban J connectivity index is 1.95. The molecule has 0 saturated heterocycles. The van der Waals surface area contributed by atoms with Crippen LogP contribution < -0.4 is 54.6 Å². The summed E-state index contributed by atoms with van der Waals surface area (Å²) in [6.45, 7) is 21.3. The van der Waals surface area contributed by atoms with Crippen LogP contribution in [0.25, 0.3) is 49.7 Å².